The maximum Gasteiger partial charge on any atom is 0.308 e. The smallest absolute Gasteiger partial charge is 0.308 e. The van der Waals surface area contributed by atoms with Gasteiger partial charge in [0.2, 0.25) is 5.91 Å². The number of carbonyl (C=O) groups is 2. The molecule has 0 unspecified atom stereocenters. The van der Waals surface area contributed by atoms with E-state index in [1.807, 2.05) is 0 Å². The molecule has 0 aromatic heterocycles. The van der Waals surface area contributed by atoms with Crippen molar-refractivity contribution in [3.63, 3.8) is 0 Å². The molecule has 1 heterocycles. The largest absolute Gasteiger partial charge is 0.466 e. The lowest BCUT2D eigenvalue weighted by molar-refractivity contribution is -0.200. The highest BCUT2D eigenvalue weighted by molar-refractivity contribution is 5.74. The van der Waals surface area contributed by atoms with Crippen LogP contribution in [0.1, 0.15) is 20.3 Å². The first-order chi connectivity index (χ1) is 9.40. The van der Waals surface area contributed by atoms with E-state index in [4.69, 9.17) is 14.6 Å². The van der Waals surface area contributed by atoms with E-state index in [2.05, 4.69) is 5.32 Å². The first-order valence-electron chi connectivity index (χ1n) is 6.45. The Bertz CT molecular complexity index is 349. The van der Waals surface area contributed by atoms with Crippen LogP contribution in [-0.2, 0) is 19.1 Å². The van der Waals surface area contributed by atoms with Crippen LogP contribution in [0.15, 0.2) is 0 Å². The highest BCUT2D eigenvalue weighted by atomic mass is 16.5. The molecule has 0 spiro atoms. The first kappa shape index (κ1) is 16.8. The Morgan fingerprint density at radius 3 is 2.40 bits per heavy atom. The number of nitrogens with one attached hydrogen (secondary N) is 1. The topological polar surface area (TPSA) is 125 Å². The van der Waals surface area contributed by atoms with Gasteiger partial charge in [-0.25, -0.2) is 0 Å². The molecule has 5 atom stereocenters. The second-order valence-corrected chi connectivity index (χ2v) is 4.61. The normalized spacial score (nSPS) is 33.5. The molecule has 0 aromatic rings. The minimum absolute atomic E-state index is 0.195. The van der Waals surface area contributed by atoms with E-state index >= 15 is 0 Å². The molecule has 1 amide bonds. The molecule has 0 aliphatic carbocycles. The van der Waals surface area contributed by atoms with Gasteiger partial charge in [-0.05, 0) is 6.92 Å². The van der Waals surface area contributed by atoms with E-state index in [1.165, 1.54) is 6.92 Å². The molecule has 8 nitrogen and oxygen atoms in total. The number of aliphatic hydroxyl groups is 3. The summed E-state index contributed by atoms with van der Waals surface area (Å²) in [4.78, 5) is 22.7. The molecular weight excluding hydrogens is 270 g/mol. The van der Waals surface area contributed by atoms with Crippen molar-refractivity contribution in [1.29, 1.82) is 0 Å². The van der Waals surface area contributed by atoms with Gasteiger partial charge < -0.3 is 30.1 Å². The van der Waals surface area contributed by atoms with Crippen molar-refractivity contribution >= 4 is 11.9 Å². The summed E-state index contributed by atoms with van der Waals surface area (Å²) in [5.74, 6) is -0.978. The molecule has 4 N–H and O–H groups in total. The summed E-state index contributed by atoms with van der Waals surface area (Å²) in [6.45, 7) is 2.59. The Hall–Kier alpha value is -1.22. The van der Waals surface area contributed by atoms with Crippen molar-refractivity contribution < 1.29 is 34.4 Å². The minimum atomic E-state index is -1.35. The molecule has 1 fully saturated rings. The Labute approximate surface area is 116 Å². The minimum Gasteiger partial charge on any atom is -0.466 e. The van der Waals surface area contributed by atoms with Crippen LogP contribution in [0.5, 0.6) is 0 Å². The van der Waals surface area contributed by atoms with Gasteiger partial charge in [0.1, 0.15) is 18.3 Å². The van der Waals surface area contributed by atoms with Crippen LogP contribution in [0.2, 0.25) is 0 Å². The fourth-order valence-electron chi connectivity index (χ4n) is 2.17. The third-order valence-corrected chi connectivity index (χ3v) is 3.07. The van der Waals surface area contributed by atoms with E-state index in [9.17, 15) is 19.8 Å². The molecule has 1 aliphatic rings. The molecule has 0 bridgehead atoms. The van der Waals surface area contributed by atoms with Gasteiger partial charge >= 0.3 is 5.97 Å². The van der Waals surface area contributed by atoms with Gasteiger partial charge in [-0.15, -0.1) is 0 Å². The zero-order valence-electron chi connectivity index (χ0n) is 11.5. The zero-order valence-corrected chi connectivity index (χ0v) is 11.5. The molecule has 1 aliphatic heterocycles. The van der Waals surface area contributed by atoms with Gasteiger partial charge in [0, 0.05) is 6.92 Å². The number of ether oxygens (including phenoxy) is 2. The second kappa shape index (κ2) is 7.53. The van der Waals surface area contributed by atoms with Crippen LogP contribution in [0.3, 0.4) is 0 Å². The first-order valence-corrected chi connectivity index (χ1v) is 6.45. The number of esters is 1. The molecule has 116 valence electrons. The van der Waals surface area contributed by atoms with E-state index in [1.54, 1.807) is 6.92 Å². The lowest BCUT2D eigenvalue weighted by Crippen LogP contribution is -2.64. The van der Waals surface area contributed by atoms with E-state index in [0.717, 1.165) is 0 Å². The summed E-state index contributed by atoms with van der Waals surface area (Å²) >= 11 is 0. The SMILES string of the molecule is CCOC(=O)C[C@H]1O[C@H](CO)[C@@H](O)[C@H](O)[C@H]1NC(C)=O. The fraction of sp³-hybridized carbons (Fsp3) is 0.833. The van der Waals surface area contributed by atoms with Crippen LogP contribution in [-0.4, -0.2) is 70.9 Å². The maximum atomic E-state index is 11.5. The monoisotopic (exact) mass is 291 g/mol. The quantitative estimate of drug-likeness (QED) is 0.429. The van der Waals surface area contributed by atoms with Gasteiger partial charge in [0.15, 0.2) is 0 Å². The standard InChI is InChI=1S/C12H21NO7/c1-3-19-9(16)4-7-10(13-6(2)15)12(18)11(17)8(5-14)20-7/h7-8,10-12,14,17-18H,3-5H2,1-2H3,(H,13,15)/t7-,8-,10+,11-,12-/m1/s1. The van der Waals surface area contributed by atoms with Crippen molar-refractivity contribution in [2.45, 2.75) is 50.7 Å². The van der Waals surface area contributed by atoms with Crippen molar-refractivity contribution in [1.82, 2.24) is 5.32 Å². The molecule has 0 radical (unpaired) electrons. The Morgan fingerprint density at radius 1 is 1.25 bits per heavy atom. The van der Waals surface area contributed by atoms with Gasteiger partial charge in [-0.3, -0.25) is 9.59 Å². The Kier molecular flexibility index (Phi) is 6.34. The Balaban J connectivity index is 2.83. The van der Waals surface area contributed by atoms with Gasteiger partial charge in [0.25, 0.3) is 0 Å². The summed E-state index contributed by atoms with van der Waals surface area (Å²) in [5, 5.41) is 31.3. The predicted octanol–water partition coefficient (Wildman–Crippen LogP) is -2.07. The maximum absolute atomic E-state index is 11.5. The number of amides is 1. The number of carbonyl (C=O) groups excluding carboxylic acids is 2. The lowest BCUT2D eigenvalue weighted by Gasteiger charge is -2.42. The highest BCUT2D eigenvalue weighted by Gasteiger charge is 2.45. The molecule has 20 heavy (non-hydrogen) atoms. The molecule has 8 heteroatoms. The van der Waals surface area contributed by atoms with E-state index < -0.39 is 48.9 Å². The fourth-order valence-corrected chi connectivity index (χ4v) is 2.17. The number of aliphatic hydroxyl groups excluding tert-OH is 3. The van der Waals surface area contributed by atoms with Crippen molar-refractivity contribution in [3.8, 4) is 0 Å². The zero-order chi connectivity index (χ0) is 15.3. The molecule has 1 rings (SSSR count). The summed E-state index contributed by atoms with van der Waals surface area (Å²) in [6, 6.07) is -0.949. The third-order valence-electron chi connectivity index (χ3n) is 3.07. The highest BCUT2D eigenvalue weighted by Crippen LogP contribution is 2.23. The average Bonchev–Trinajstić information content (AvgIpc) is 2.38. The number of hydrogen-bond donors (Lipinski definition) is 4. The summed E-state index contributed by atoms with van der Waals surface area (Å²) in [5.41, 5.74) is 0. The number of hydrogen-bond acceptors (Lipinski definition) is 7. The molecule has 0 aromatic carbocycles. The van der Waals surface area contributed by atoms with Crippen molar-refractivity contribution in [2.24, 2.45) is 0 Å². The number of rotatable bonds is 5. The van der Waals surface area contributed by atoms with Gasteiger partial charge in [-0.1, -0.05) is 0 Å². The van der Waals surface area contributed by atoms with Gasteiger partial charge in [-0.2, -0.15) is 0 Å². The average molecular weight is 291 g/mol. The molecule has 0 saturated carbocycles. The van der Waals surface area contributed by atoms with Crippen LogP contribution < -0.4 is 5.32 Å². The summed E-state index contributed by atoms with van der Waals surface area (Å²) < 4.78 is 10.2. The van der Waals surface area contributed by atoms with Crippen LogP contribution in [0.25, 0.3) is 0 Å². The van der Waals surface area contributed by atoms with E-state index in [-0.39, 0.29) is 13.0 Å². The molecule has 1 saturated heterocycles. The predicted molar refractivity (Wildman–Crippen MR) is 66.6 cm³/mol. The van der Waals surface area contributed by atoms with Crippen molar-refractivity contribution in [2.75, 3.05) is 13.2 Å². The summed E-state index contributed by atoms with van der Waals surface area (Å²) in [6.07, 6.45) is -4.79. The molecular formula is C12H21NO7. The van der Waals surface area contributed by atoms with Crippen LogP contribution >= 0.6 is 0 Å². The lowest BCUT2D eigenvalue weighted by atomic mass is 9.91. The Morgan fingerprint density at radius 2 is 1.90 bits per heavy atom. The third kappa shape index (κ3) is 4.14. The van der Waals surface area contributed by atoms with Crippen molar-refractivity contribution in [3.05, 3.63) is 0 Å². The summed E-state index contributed by atoms with van der Waals surface area (Å²) in [7, 11) is 0. The van der Waals surface area contributed by atoms with Crippen LogP contribution in [0.4, 0.5) is 0 Å². The van der Waals surface area contributed by atoms with E-state index in [0.29, 0.717) is 0 Å². The van der Waals surface area contributed by atoms with Crippen LogP contribution in [0, 0.1) is 0 Å². The second-order valence-electron chi connectivity index (χ2n) is 4.61. The van der Waals surface area contributed by atoms with Gasteiger partial charge in [0.05, 0.1) is 31.8 Å².